The van der Waals surface area contributed by atoms with Crippen LogP contribution in [0.4, 0.5) is 18.9 Å². The number of anilines is 1. The van der Waals surface area contributed by atoms with Crippen LogP contribution in [0.2, 0.25) is 0 Å². The molecule has 0 radical (unpaired) electrons. The molecule has 4 nitrogen and oxygen atoms in total. The van der Waals surface area contributed by atoms with Crippen molar-refractivity contribution in [3.63, 3.8) is 0 Å². The molecule has 1 N–H and O–H groups in total. The van der Waals surface area contributed by atoms with Gasteiger partial charge in [-0.2, -0.15) is 18.3 Å². The van der Waals surface area contributed by atoms with Crippen molar-refractivity contribution in [2.75, 3.05) is 19.1 Å². The van der Waals surface area contributed by atoms with Gasteiger partial charge >= 0.3 is 6.18 Å². The zero-order valence-corrected chi connectivity index (χ0v) is 13.9. The zero-order chi connectivity index (χ0) is 18.3. The minimum atomic E-state index is -4.39. The topological polar surface area (TPSA) is 42.8 Å². The van der Waals surface area contributed by atoms with E-state index in [4.69, 9.17) is 9.47 Å². The summed E-state index contributed by atoms with van der Waals surface area (Å²) in [6.45, 7) is 2.50. The molecule has 0 bridgehead atoms. The van der Waals surface area contributed by atoms with Crippen molar-refractivity contribution in [1.29, 1.82) is 0 Å². The first-order valence-corrected chi connectivity index (χ1v) is 7.72. The lowest BCUT2D eigenvalue weighted by molar-refractivity contribution is -0.137. The summed E-state index contributed by atoms with van der Waals surface area (Å²) >= 11 is 0. The summed E-state index contributed by atoms with van der Waals surface area (Å²) in [7, 11) is 1.54. The number of methoxy groups -OCH3 is 1. The summed E-state index contributed by atoms with van der Waals surface area (Å²) in [5.74, 6) is 1.11. The van der Waals surface area contributed by atoms with Crippen molar-refractivity contribution in [1.82, 2.24) is 0 Å². The van der Waals surface area contributed by atoms with E-state index < -0.39 is 11.7 Å². The highest BCUT2D eigenvalue weighted by Gasteiger charge is 2.30. The lowest BCUT2D eigenvalue weighted by atomic mass is 10.2. The van der Waals surface area contributed by atoms with E-state index >= 15 is 0 Å². The molecule has 0 atom stereocenters. The summed E-state index contributed by atoms with van der Waals surface area (Å²) in [4.78, 5) is 0. The number of hydrogen-bond acceptors (Lipinski definition) is 4. The van der Waals surface area contributed by atoms with E-state index in [1.54, 1.807) is 18.2 Å². The van der Waals surface area contributed by atoms with Crippen LogP contribution in [0.3, 0.4) is 0 Å². The van der Waals surface area contributed by atoms with Crippen LogP contribution in [-0.2, 0) is 6.18 Å². The summed E-state index contributed by atoms with van der Waals surface area (Å²) in [5, 5.41) is 4.00. The Balaban J connectivity index is 2.17. The quantitative estimate of drug-likeness (QED) is 0.566. The predicted octanol–water partition coefficient (Wildman–Crippen LogP) is 4.95. The Bertz CT molecular complexity index is 731. The Kier molecular flexibility index (Phi) is 6.27. The molecule has 2 rings (SSSR count). The number of hydrogen-bond donors (Lipinski definition) is 1. The minimum absolute atomic E-state index is 0.241. The van der Waals surface area contributed by atoms with Gasteiger partial charge in [-0.25, -0.2) is 0 Å². The maximum absolute atomic E-state index is 12.7. The second-order valence-corrected chi connectivity index (χ2v) is 5.18. The van der Waals surface area contributed by atoms with E-state index in [0.717, 1.165) is 18.6 Å². The molecule has 7 heteroatoms. The van der Waals surface area contributed by atoms with Gasteiger partial charge in [0.05, 0.1) is 31.2 Å². The van der Waals surface area contributed by atoms with Crippen LogP contribution < -0.4 is 14.9 Å². The maximum Gasteiger partial charge on any atom is 0.416 e. The van der Waals surface area contributed by atoms with Crippen molar-refractivity contribution < 1.29 is 22.6 Å². The number of nitrogens with zero attached hydrogens (tertiary/aromatic N) is 1. The molecule has 2 aromatic rings. The minimum Gasteiger partial charge on any atom is -0.493 e. The molecule has 134 valence electrons. The Hall–Kier alpha value is -2.70. The first kappa shape index (κ1) is 18.6. The van der Waals surface area contributed by atoms with Gasteiger partial charge in [0.15, 0.2) is 11.5 Å². The fraction of sp³-hybridized carbons (Fsp3) is 0.278. The van der Waals surface area contributed by atoms with E-state index in [9.17, 15) is 13.2 Å². The lowest BCUT2D eigenvalue weighted by Crippen LogP contribution is -2.05. The van der Waals surface area contributed by atoms with Gasteiger partial charge in [-0.3, -0.25) is 5.43 Å². The molecule has 0 aliphatic heterocycles. The van der Waals surface area contributed by atoms with Crippen LogP contribution >= 0.6 is 0 Å². The van der Waals surface area contributed by atoms with Gasteiger partial charge in [-0.15, -0.1) is 0 Å². The fourth-order valence-corrected chi connectivity index (χ4v) is 2.10. The third-order valence-corrected chi connectivity index (χ3v) is 3.27. The third-order valence-electron chi connectivity index (χ3n) is 3.27. The maximum atomic E-state index is 12.7. The first-order valence-electron chi connectivity index (χ1n) is 7.72. The van der Waals surface area contributed by atoms with Crippen molar-refractivity contribution in [3.05, 3.63) is 53.6 Å². The Morgan fingerprint density at radius 1 is 1.16 bits per heavy atom. The van der Waals surface area contributed by atoms with Gasteiger partial charge in [-0.05, 0) is 36.8 Å². The van der Waals surface area contributed by atoms with Crippen LogP contribution in [0.15, 0.2) is 47.6 Å². The largest absolute Gasteiger partial charge is 0.493 e. The van der Waals surface area contributed by atoms with Gasteiger partial charge in [0.25, 0.3) is 0 Å². The standard InChI is InChI=1S/C18H19F3N2O2/c1-3-10-25-17-13(6-4-9-16(17)24-2)12-22-23-15-8-5-7-14(11-15)18(19,20)21/h4-9,11-12,23H,3,10H2,1-2H3. The van der Waals surface area contributed by atoms with Crippen molar-refractivity contribution >= 4 is 11.9 Å². The van der Waals surface area contributed by atoms with E-state index in [1.807, 2.05) is 6.92 Å². The molecule has 0 saturated heterocycles. The molecule has 0 aliphatic rings. The molecule has 0 spiro atoms. The zero-order valence-electron chi connectivity index (χ0n) is 13.9. The third kappa shape index (κ3) is 5.14. The fourth-order valence-electron chi connectivity index (χ4n) is 2.10. The average Bonchev–Trinajstić information content (AvgIpc) is 2.60. The Labute approximate surface area is 144 Å². The van der Waals surface area contributed by atoms with Gasteiger partial charge < -0.3 is 9.47 Å². The van der Waals surface area contributed by atoms with E-state index in [0.29, 0.717) is 23.7 Å². The molecular weight excluding hydrogens is 333 g/mol. The highest BCUT2D eigenvalue weighted by atomic mass is 19.4. The molecule has 0 unspecified atom stereocenters. The van der Waals surface area contributed by atoms with Crippen LogP contribution in [0.1, 0.15) is 24.5 Å². The molecule has 2 aromatic carbocycles. The van der Waals surface area contributed by atoms with E-state index in [-0.39, 0.29) is 5.69 Å². The number of rotatable bonds is 7. The van der Waals surface area contributed by atoms with Crippen molar-refractivity contribution in [2.45, 2.75) is 19.5 Å². The summed E-state index contributed by atoms with van der Waals surface area (Å²) in [5.41, 5.74) is 2.76. The number of alkyl halides is 3. The summed E-state index contributed by atoms with van der Waals surface area (Å²) in [6.07, 6.45) is -2.08. The van der Waals surface area contributed by atoms with Crippen LogP contribution in [0.5, 0.6) is 11.5 Å². The first-order chi connectivity index (χ1) is 12.0. The van der Waals surface area contributed by atoms with Gasteiger partial charge in [0.1, 0.15) is 0 Å². The van der Waals surface area contributed by atoms with Crippen molar-refractivity contribution in [3.8, 4) is 11.5 Å². The number of halogens is 3. The average molecular weight is 352 g/mol. The normalized spacial score (nSPS) is 11.6. The molecule has 0 heterocycles. The number of benzene rings is 2. The molecular formula is C18H19F3N2O2. The Morgan fingerprint density at radius 2 is 1.92 bits per heavy atom. The van der Waals surface area contributed by atoms with E-state index in [2.05, 4.69) is 10.5 Å². The van der Waals surface area contributed by atoms with Gasteiger partial charge in [-0.1, -0.05) is 19.1 Å². The number of ether oxygens (including phenoxy) is 2. The van der Waals surface area contributed by atoms with Crippen LogP contribution in [0.25, 0.3) is 0 Å². The van der Waals surface area contributed by atoms with Crippen LogP contribution in [-0.4, -0.2) is 19.9 Å². The molecule has 25 heavy (non-hydrogen) atoms. The molecule has 0 aromatic heterocycles. The van der Waals surface area contributed by atoms with Gasteiger partial charge in [0.2, 0.25) is 0 Å². The lowest BCUT2D eigenvalue weighted by Gasteiger charge is -2.12. The van der Waals surface area contributed by atoms with E-state index in [1.165, 1.54) is 25.5 Å². The highest BCUT2D eigenvalue weighted by Crippen LogP contribution is 2.31. The second-order valence-electron chi connectivity index (χ2n) is 5.18. The smallest absolute Gasteiger partial charge is 0.416 e. The summed E-state index contributed by atoms with van der Waals surface area (Å²) < 4.78 is 49.1. The molecule has 0 saturated carbocycles. The second kappa shape index (κ2) is 8.41. The van der Waals surface area contributed by atoms with Crippen molar-refractivity contribution in [2.24, 2.45) is 5.10 Å². The highest BCUT2D eigenvalue weighted by molar-refractivity contribution is 5.85. The van der Waals surface area contributed by atoms with Gasteiger partial charge in [0, 0.05) is 5.56 Å². The number of para-hydroxylation sites is 1. The predicted molar refractivity (Wildman–Crippen MR) is 91.4 cm³/mol. The number of hydrazone groups is 1. The molecule has 0 fully saturated rings. The SMILES string of the molecule is CCCOc1c(C=NNc2cccc(C(F)(F)F)c2)cccc1OC. The number of nitrogens with one attached hydrogen (secondary N) is 1. The van der Waals surface area contributed by atoms with Crippen LogP contribution in [0, 0.1) is 0 Å². The molecule has 0 amide bonds. The monoisotopic (exact) mass is 352 g/mol. The summed E-state index contributed by atoms with van der Waals surface area (Å²) in [6, 6.07) is 10.2. The molecule has 0 aliphatic carbocycles. The Morgan fingerprint density at radius 3 is 2.60 bits per heavy atom.